The molecule has 0 saturated carbocycles. The number of thiophene rings is 1. The van der Waals surface area contributed by atoms with E-state index >= 15 is 0 Å². The van der Waals surface area contributed by atoms with Gasteiger partial charge < -0.3 is 26.0 Å². The molecule has 0 spiro atoms. The molecule has 12 heteroatoms. The second-order valence-corrected chi connectivity index (χ2v) is 11.0. The smallest absolute Gasteiger partial charge is 0.353 e. The number of carbonyl (C=O) groups is 4. The maximum Gasteiger partial charge on any atom is 0.353 e. The minimum Gasteiger partial charge on any atom is -0.481 e. The number of esters is 1. The topological polar surface area (TPSA) is 183 Å². The number of hydrogen-bond donors (Lipinski definition) is 5. The van der Waals surface area contributed by atoms with Gasteiger partial charge in [0.2, 0.25) is 5.91 Å². The highest BCUT2D eigenvalue weighted by Gasteiger charge is 2.29. The lowest BCUT2D eigenvalue weighted by molar-refractivity contribution is -0.144. The third kappa shape index (κ3) is 9.25. The molecule has 1 aromatic heterocycles. The molecule has 3 rings (SSSR count). The Morgan fingerprint density at radius 3 is 2.38 bits per heavy atom. The van der Waals surface area contributed by atoms with Crippen molar-refractivity contribution in [3.05, 3.63) is 87.1 Å². The first-order valence-corrected chi connectivity index (χ1v) is 14.0. The van der Waals surface area contributed by atoms with Crippen LogP contribution in [-0.2, 0) is 27.3 Å². The number of rotatable bonds is 15. The molecule has 0 aliphatic rings. The highest BCUT2D eigenvalue weighted by Crippen LogP contribution is 2.24. The number of nitrogens with two attached hydrogens (primary N) is 1. The maximum atomic E-state index is 13.3. The molecule has 42 heavy (non-hydrogen) atoms. The van der Waals surface area contributed by atoms with Gasteiger partial charge >= 0.3 is 17.9 Å². The van der Waals surface area contributed by atoms with Crippen molar-refractivity contribution in [1.82, 2.24) is 10.2 Å². The first-order valence-electron chi connectivity index (χ1n) is 13.2. The summed E-state index contributed by atoms with van der Waals surface area (Å²) >= 11 is 1.21. The molecule has 0 radical (unpaired) electrons. The predicted octanol–water partition coefficient (Wildman–Crippen LogP) is 3.43. The second-order valence-electron chi connectivity index (χ2n) is 9.84. The van der Waals surface area contributed by atoms with Gasteiger partial charge in [-0.1, -0.05) is 30.3 Å². The van der Waals surface area contributed by atoms with Gasteiger partial charge in [-0.15, -0.1) is 11.3 Å². The van der Waals surface area contributed by atoms with Crippen molar-refractivity contribution < 1.29 is 34.1 Å². The molecule has 0 saturated heterocycles. The number of carboxylic acid groups (broad SMARTS) is 2. The number of nitrogen functional groups attached to an aromatic ring is 1. The van der Waals surface area contributed by atoms with Crippen LogP contribution in [0, 0.1) is 12.3 Å². The molecule has 6 N–H and O–H groups in total. The van der Waals surface area contributed by atoms with Gasteiger partial charge in [-0.3, -0.25) is 19.9 Å². The van der Waals surface area contributed by atoms with Crippen LogP contribution in [0.2, 0.25) is 0 Å². The van der Waals surface area contributed by atoms with Gasteiger partial charge in [0.1, 0.15) is 22.5 Å². The number of nitrogens with one attached hydrogen (secondary N) is 2. The van der Waals surface area contributed by atoms with Crippen molar-refractivity contribution in [2.75, 3.05) is 7.05 Å². The van der Waals surface area contributed by atoms with Crippen LogP contribution in [0.1, 0.15) is 50.5 Å². The largest absolute Gasteiger partial charge is 0.481 e. The number of carbonyl (C=O) groups excluding carboxylic acids is 2. The van der Waals surface area contributed by atoms with Crippen LogP contribution in [0.4, 0.5) is 0 Å². The van der Waals surface area contributed by atoms with Crippen LogP contribution < -0.4 is 15.8 Å². The van der Waals surface area contributed by atoms with Crippen LogP contribution in [0.3, 0.4) is 0 Å². The van der Waals surface area contributed by atoms with E-state index in [9.17, 15) is 24.3 Å². The fourth-order valence-corrected chi connectivity index (χ4v) is 5.25. The molecule has 0 fully saturated rings. The van der Waals surface area contributed by atoms with E-state index in [4.69, 9.17) is 21.0 Å². The van der Waals surface area contributed by atoms with Gasteiger partial charge in [0.25, 0.3) is 0 Å². The summed E-state index contributed by atoms with van der Waals surface area (Å²) in [5.41, 5.74) is 7.71. The second kappa shape index (κ2) is 14.9. The zero-order valence-electron chi connectivity index (χ0n) is 23.3. The van der Waals surface area contributed by atoms with E-state index in [2.05, 4.69) is 5.32 Å². The highest BCUT2D eigenvalue weighted by atomic mass is 32.1. The number of aryl methyl sites for hydroxylation is 2. The number of hydrogen-bond acceptors (Lipinski definition) is 8. The maximum absolute atomic E-state index is 13.3. The van der Waals surface area contributed by atoms with E-state index in [0.717, 1.165) is 10.4 Å². The zero-order valence-corrected chi connectivity index (χ0v) is 24.1. The summed E-state index contributed by atoms with van der Waals surface area (Å²) in [7, 11) is 1.74. The minimum atomic E-state index is -1.34. The lowest BCUT2D eigenvalue weighted by Crippen LogP contribution is -2.50. The molecule has 2 unspecified atom stereocenters. The summed E-state index contributed by atoms with van der Waals surface area (Å²) in [6, 6.07) is 15.8. The molecule has 0 bridgehead atoms. The van der Waals surface area contributed by atoms with Gasteiger partial charge in [0, 0.05) is 23.4 Å². The monoisotopic (exact) mass is 594 g/mol. The predicted molar refractivity (Wildman–Crippen MR) is 158 cm³/mol. The summed E-state index contributed by atoms with van der Waals surface area (Å²) in [6.07, 6.45) is 0.308. The van der Waals surface area contributed by atoms with Crippen molar-refractivity contribution in [3.8, 4) is 5.75 Å². The SMILES string of the molecule is Cc1cc(C(=N)N)ccc1OC(=O)c1ccc(CN(C)C(CCc2ccccc2)C(=O)NC(CCC(=O)O)C(=O)O)s1. The molecule has 11 nitrogen and oxygen atoms in total. The highest BCUT2D eigenvalue weighted by molar-refractivity contribution is 7.13. The molecule has 1 heterocycles. The van der Waals surface area contributed by atoms with Gasteiger partial charge in [0.15, 0.2) is 0 Å². The Morgan fingerprint density at radius 2 is 1.76 bits per heavy atom. The normalized spacial score (nSPS) is 12.4. The minimum absolute atomic E-state index is 0.0857. The van der Waals surface area contributed by atoms with Crippen molar-refractivity contribution in [3.63, 3.8) is 0 Å². The Bertz CT molecular complexity index is 1440. The van der Waals surface area contributed by atoms with Crippen molar-refractivity contribution in [2.24, 2.45) is 5.73 Å². The average molecular weight is 595 g/mol. The lowest BCUT2D eigenvalue weighted by atomic mass is 10.0. The molecule has 0 aliphatic carbocycles. The standard InChI is InChI=1S/C30H34N4O7S/c1-18-16-20(27(31)32)9-13-24(18)41-30(40)25-14-10-21(42-25)17-34(2)23(12-8-19-6-4-3-5-7-19)28(37)33-22(29(38)39)11-15-26(35)36/h3-7,9-10,13-14,16,22-23H,8,11-12,15,17H2,1-2H3,(H3,31,32)(H,33,37)(H,35,36)(H,38,39). The number of benzene rings is 2. The van der Waals surface area contributed by atoms with Crippen molar-refractivity contribution in [2.45, 2.75) is 51.2 Å². The molecule has 3 aromatic rings. The summed E-state index contributed by atoms with van der Waals surface area (Å²) in [5, 5.41) is 28.5. The fourth-order valence-electron chi connectivity index (χ4n) is 4.30. The van der Waals surface area contributed by atoms with Gasteiger partial charge in [-0.05, 0) is 74.7 Å². The molecule has 222 valence electrons. The first kappa shape index (κ1) is 32.0. The summed E-state index contributed by atoms with van der Waals surface area (Å²) in [5.74, 6) is -3.26. The van der Waals surface area contributed by atoms with Crippen LogP contribution in [-0.4, -0.2) is 63.9 Å². The van der Waals surface area contributed by atoms with Gasteiger partial charge in [0.05, 0.1) is 6.04 Å². The number of nitrogens with zero attached hydrogens (tertiary/aromatic N) is 1. The summed E-state index contributed by atoms with van der Waals surface area (Å²) < 4.78 is 5.55. The molecular formula is C30H34N4O7S. The quantitative estimate of drug-likeness (QED) is 0.0761. The molecule has 0 aliphatic heterocycles. The molecular weight excluding hydrogens is 560 g/mol. The van der Waals surface area contributed by atoms with Crippen LogP contribution in [0.15, 0.2) is 60.7 Å². The zero-order chi connectivity index (χ0) is 30.8. The number of carboxylic acids is 2. The fraction of sp³-hybridized carbons (Fsp3) is 0.300. The first-order chi connectivity index (χ1) is 19.9. The average Bonchev–Trinajstić information content (AvgIpc) is 3.41. The number of ether oxygens (including phenoxy) is 1. The van der Waals surface area contributed by atoms with Crippen LogP contribution in [0.5, 0.6) is 5.75 Å². The van der Waals surface area contributed by atoms with E-state index in [0.29, 0.717) is 41.1 Å². The number of amidine groups is 1. The third-order valence-electron chi connectivity index (χ3n) is 6.60. The number of likely N-dealkylation sites (N-methyl/N-ethyl adjacent to an activating group) is 1. The van der Waals surface area contributed by atoms with Crippen molar-refractivity contribution >= 4 is 41.0 Å². The number of aliphatic carboxylic acids is 2. The van der Waals surface area contributed by atoms with E-state index in [1.165, 1.54) is 11.3 Å². The Balaban J connectivity index is 1.72. The van der Waals surface area contributed by atoms with Crippen LogP contribution >= 0.6 is 11.3 Å². The molecule has 2 atom stereocenters. The third-order valence-corrected chi connectivity index (χ3v) is 7.65. The molecule has 2 aromatic carbocycles. The number of amides is 1. The Morgan fingerprint density at radius 1 is 1.05 bits per heavy atom. The van der Waals surface area contributed by atoms with E-state index < -0.39 is 42.3 Å². The van der Waals surface area contributed by atoms with Crippen LogP contribution in [0.25, 0.3) is 0 Å². The van der Waals surface area contributed by atoms with E-state index in [1.54, 1.807) is 49.2 Å². The molecule has 1 amide bonds. The summed E-state index contributed by atoms with van der Waals surface area (Å²) in [6.45, 7) is 2.05. The Kier molecular flexibility index (Phi) is 11.3. The Hall–Kier alpha value is -4.55. The summed E-state index contributed by atoms with van der Waals surface area (Å²) in [4.78, 5) is 51.7. The Labute approximate surface area is 247 Å². The van der Waals surface area contributed by atoms with Gasteiger partial charge in [-0.2, -0.15) is 0 Å². The van der Waals surface area contributed by atoms with Crippen molar-refractivity contribution in [1.29, 1.82) is 5.41 Å². The lowest BCUT2D eigenvalue weighted by Gasteiger charge is -2.28. The van der Waals surface area contributed by atoms with E-state index in [-0.39, 0.29) is 12.3 Å². The van der Waals surface area contributed by atoms with E-state index in [1.807, 2.05) is 30.3 Å². The van der Waals surface area contributed by atoms with Gasteiger partial charge in [-0.25, -0.2) is 9.59 Å².